The minimum absolute atomic E-state index is 0.633. The molecule has 2 aromatic rings. The quantitative estimate of drug-likeness (QED) is 0.885. The van der Waals surface area contributed by atoms with Gasteiger partial charge in [-0.3, -0.25) is 0 Å². The van der Waals surface area contributed by atoms with Crippen LogP contribution in [0.2, 0.25) is 0 Å². The number of aryl methyl sites for hydroxylation is 1. The van der Waals surface area contributed by atoms with Crippen LogP contribution in [0.3, 0.4) is 0 Å². The van der Waals surface area contributed by atoms with Gasteiger partial charge in [0.15, 0.2) is 5.82 Å². The number of hydrogen-bond donors (Lipinski definition) is 1. The van der Waals surface area contributed by atoms with Crippen molar-refractivity contribution in [2.24, 2.45) is 5.92 Å². The smallest absolute Gasteiger partial charge is 0.159 e. The predicted octanol–water partition coefficient (Wildman–Crippen LogP) is 3.21. The van der Waals surface area contributed by atoms with Gasteiger partial charge in [-0.15, -0.1) is 0 Å². The Hall–Kier alpha value is -1.94. The van der Waals surface area contributed by atoms with Crippen molar-refractivity contribution in [1.82, 2.24) is 15.3 Å². The van der Waals surface area contributed by atoms with Crippen molar-refractivity contribution in [1.29, 1.82) is 0 Å². The molecule has 4 heteroatoms. The number of benzene rings is 1. The molecule has 1 aromatic heterocycles. The second-order valence-corrected chi connectivity index (χ2v) is 5.58. The molecular weight excluding hydrogens is 262 g/mol. The molecule has 0 radical (unpaired) electrons. The highest BCUT2D eigenvalue weighted by atomic mass is 16.5. The lowest BCUT2D eigenvalue weighted by molar-refractivity contribution is 0.415. The molecule has 112 valence electrons. The van der Waals surface area contributed by atoms with Crippen molar-refractivity contribution in [2.45, 2.75) is 27.3 Å². The Morgan fingerprint density at radius 1 is 1.14 bits per heavy atom. The molecule has 0 fully saturated rings. The van der Waals surface area contributed by atoms with Crippen LogP contribution < -0.4 is 10.1 Å². The van der Waals surface area contributed by atoms with E-state index in [0.29, 0.717) is 5.92 Å². The Kier molecular flexibility index (Phi) is 5.28. The van der Waals surface area contributed by atoms with E-state index in [1.807, 2.05) is 37.3 Å². The van der Waals surface area contributed by atoms with Gasteiger partial charge in [0, 0.05) is 17.8 Å². The number of ether oxygens (including phenoxy) is 1. The highest BCUT2D eigenvalue weighted by molar-refractivity contribution is 5.56. The molecule has 0 aliphatic carbocycles. The summed E-state index contributed by atoms with van der Waals surface area (Å²) >= 11 is 0. The fourth-order valence-electron chi connectivity index (χ4n) is 2.08. The molecule has 1 N–H and O–H groups in total. The Bertz CT molecular complexity index is 579. The fraction of sp³-hybridized carbons (Fsp3) is 0.412. The van der Waals surface area contributed by atoms with Crippen LogP contribution in [0.5, 0.6) is 5.75 Å². The molecule has 0 unspecified atom stereocenters. The van der Waals surface area contributed by atoms with Crippen LogP contribution in [0.1, 0.15) is 25.2 Å². The maximum absolute atomic E-state index is 5.18. The number of rotatable bonds is 6. The van der Waals surface area contributed by atoms with Crippen molar-refractivity contribution in [3.63, 3.8) is 0 Å². The van der Waals surface area contributed by atoms with E-state index in [2.05, 4.69) is 29.1 Å². The molecule has 4 nitrogen and oxygen atoms in total. The van der Waals surface area contributed by atoms with E-state index in [9.17, 15) is 0 Å². The van der Waals surface area contributed by atoms with Crippen LogP contribution in [0.4, 0.5) is 0 Å². The SMILES string of the molecule is COc1ccc(-c2nc(C)cc(CNCC(C)C)n2)cc1. The number of nitrogens with one attached hydrogen (secondary N) is 1. The summed E-state index contributed by atoms with van der Waals surface area (Å²) in [6.07, 6.45) is 0. The first-order valence-corrected chi connectivity index (χ1v) is 7.28. The topological polar surface area (TPSA) is 47.0 Å². The fourth-order valence-corrected chi connectivity index (χ4v) is 2.08. The Morgan fingerprint density at radius 3 is 2.48 bits per heavy atom. The third kappa shape index (κ3) is 4.53. The number of nitrogens with zero attached hydrogens (tertiary/aromatic N) is 2. The molecule has 0 amide bonds. The maximum Gasteiger partial charge on any atom is 0.159 e. The van der Waals surface area contributed by atoms with Crippen molar-refractivity contribution < 1.29 is 4.74 Å². The zero-order valence-electron chi connectivity index (χ0n) is 13.2. The molecule has 0 saturated heterocycles. The van der Waals surface area contributed by atoms with Crippen LogP contribution in [-0.2, 0) is 6.54 Å². The lowest BCUT2D eigenvalue weighted by Crippen LogP contribution is -2.20. The Balaban J connectivity index is 2.17. The standard InChI is InChI=1S/C17H23N3O/c1-12(2)10-18-11-15-9-13(3)19-17(20-15)14-5-7-16(21-4)8-6-14/h5-9,12,18H,10-11H2,1-4H3. The third-order valence-electron chi connectivity index (χ3n) is 3.11. The molecule has 1 heterocycles. The summed E-state index contributed by atoms with van der Waals surface area (Å²) in [7, 11) is 1.66. The van der Waals surface area contributed by atoms with Gasteiger partial charge >= 0.3 is 0 Å². The Morgan fingerprint density at radius 2 is 1.86 bits per heavy atom. The van der Waals surface area contributed by atoms with E-state index in [0.717, 1.165) is 41.6 Å². The average molecular weight is 285 g/mol. The average Bonchev–Trinajstić information content (AvgIpc) is 2.46. The molecule has 0 aliphatic rings. The molecular formula is C17H23N3O. The molecule has 1 aromatic carbocycles. The lowest BCUT2D eigenvalue weighted by Gasteiger charge is -2.09. The van der Waals surface area contributed by atoms with E-state index in [1.54, 1.807) is 7.11 Å². The summed E-state index contributed by atoms with van der Waals surface area (Å²) in [5, 5.41) is 3.41. The van der Waals surface area contributed by atoms with Crippen LogP contribution in [0, 0.1) is 12.8 Å². The zero-order valence-corrected chi connectivity index (χ0v) is 13.2. The summed E-state index contributed by atoms with van der Waals surface area (Å²) in [5.41, 5.74) is 3.01. The zero-order chi connectivity index (χ0) is 15.2. The second-order valence-electron chi connectivity index (χ2n) is 5.58. The minimum atomic E-state index is 0.633. The molecule has 0 saturated carbocycles. The van der Waals surface area contributed by atoms with Gasteiger partial charge in [-0.05, 0) is 49.7 Å². The summed E-state index contributed by atoms with van der Waals surface area (Å²) in [6, 6.07) is 9.85. The normalized spacial score (nSPS) is 10.9. The van der Waals surface area contributed by atoms with Crippen LogP contribution in [0.25, 0.3) is 11.4 Å². The van der Waals surface area contributed by atoms with Gasteiger partial charge in [0.1, 0.15) is 5.75 Å². The molecule has 0 spiro atoms. The first kappa shape index (κ1) is 15.4. The minimum Gasteiger partial charge on any atom is -0.497 e. The summed E-state index contributed by atoms with van der Waals surface area (Å²) in [4.78, 5) is 9.16. The first-order chi connectivity index (χ1) is 10.1. The van der Waals surface area contributed by atoms with Gasteiger partial charge in [0.2, 0.25) is 0 Å². The van der Waals surface area contributed by atoms with Gasteiger partial charge in [-0.25, -0.2) is 9.97 Å². The largest absolute Gasteiger partial charge is 0.497 e. The first-order valence-electron chi connectivity index (χ1n) is 7.28. The Labute approximate surface area is 126 Å². The van der Waals surface area contributed by atoms with Crippen LogP contribution >= 0.6 is 0 Å². The van der Waals surface area contributed by atoms with Crippen molar-refractivity contribution in [3.8, 4) is 17.1 Å². The van der Waals surface area contributed by atoms with Gasteiger partial charge in [0.05, 0.1) is 12.8 Å². The monoisotopic (exact) mass is 285 g/mol. The van der Waals surface area contributed by atoms with E-state index in [1.165, 1.54) is 0 Å². The van der Waals surface area contributed by atoms with Gasteiger partial charge in [0.25, 0.3) is 0 Å². The van der Waals surface area contributed by atoms with Crippen molar-refractivity contribution >= 4 is 0 Å². The van der Waals surface area contributed by atoms with Crippen LogP contribution in [-0.4, -0.2) is 23.6 Å². The molecule has 2 rings (SSSR count). The lowest BCUT2D eigenvalue weighted by atomic mass is 10.2. The summed E-state index contributed by atoms with van der Waals surface area (Å²) in [5.74, 6) is 2.23. The third-order valence-corrected chi connectivity index (χ3v) is 3.11. The van der Waals surface area contributed by atoms with E-state index in [4.69, 9.17) is 4.74 Å². The number of hydrogen-bond acceptors (Lipinski definition) is 4. The van der Waals surface area contributed by atoms with Gasteiger partial charge in [-0.2, -0.15) is 0 Å². The molecule has 0 atom stereocenters. The maximum atomic E-state index is 5.18. The molecule has 21 heavy (non-hydrogen) atoms. The number of methoxy groups -OCH3 is 1. The van der Waals surface area contributed by atoms with E-state index >= 15 is 0 Å². The van der Waals surface area contributed by atoms with Crippen LogP contribution in [0.15, 0.2) is 30.3 Å². The number of aromatic nitrogens is 2. The molecule has 0 bridgehead atoms. The highest BCUT2D eigenvalue weighted by Gasteiger charge is 2.06. The highest BCUT2D eigenvalue weighted by Crippen LogP contribution is 2.19. The summed E-state index contributed by atoms with van der Waals surface area (Å²) < 4.78 is 5.18. The van der Waals surface area contributed by atoms with Gasteiger partial charge in [-0.1, -0.05) is 13.8 Å². The van der Waals surface area contributed by atoms with E-state index < -0.39 is 0 Å². The molecule has 0 aliphatic heterocycles. The predicted molar refractivity (Wildman–Crippen MR) is 85.3 cm³/mol. The summed E-state index contributed by atoms with van der Waals surface area (Å²) in [6.45, 7) is 8.15. The van der Waals surface area contributed by atoms with Gasteiger partial charge < -0.3 is 10.1 Å². The van der Waals surface area contributed by atoms with Crippen molar-refractivity contribution in [3.05, 3.63) is 41.7 Å². The second kappa shape index (κ2) is 7.18. The van der Waals surface area contributed by atoms with Crippen molar-refractivity contribution in [2.75, 3.05) is 13.7 Å². The van der Waals surface area contributed by atoms with E-state index in [-0.39, 0.29) is 0 Å².